The SMILES string of the molecule is COC(=O)C(O)C1(c2ccccn2)CC1. The molecule has 1 heterocycles. The van der Waals surface area contributed by atoms with Crippen LogP contribution in [0.15, 0.2) is 24.4 Å². The van der Waals surface area contributed by atoms with Crippen molar-refractivity contribution in [1.82, 2.24) is 4.98 Å². The van der Waals surface area contributed by atoms with Crippen molar-refractivity contribution in [2.45, 2.75) is 24.4 Å². The van der Waals surface area contributed by atoms with E-state index in [0.29, 0.717) is 0 Å². The highest BCUT2D eigenvalue weighted by atomic mass is 16.5. The van der Waals surface area contributed by atoms with Crippen LogP contribution in [0.2, 0.25) is 0 Å². The third kappa shape index (κ3) is 1.61. The van der Waals surface area contributed by atoms with Crippen LogP contribution >= 0.6 is 0 Å². The number of carbonyl (C=O) groups excluding carboxylic acids is 1. The lowest BCUT2D eigenvalue weighted by molar-refractivity contribution is -0.152. The van der Waals surface area contributed by atoms with Crippen molar-refractivity contribution in [1.29, 1.82) is 0 Å². The summed E-state index contributed by atoms with van der Waals surface area (Å²) in [6.07, 6.45) is 2.12. The first kappa shape index (κ1) is 10.1. The monoisotopic (exact) mass is 207 g/mol. The second-order valence-corrected chi connectivity index (χ2v) is 3.80. The number of esters is 1. The summed E-state index contributed by atoms with van der Waals surface area (Å²) in [5, 5.41) is 9.85. The van der Waals surface area contributed by atoms with E-state index in [1.807, 2.05) is 18.2 Å². The zero-order valence-electron chi connectivity index (χ0n) is 8.51. The van der Waals surface area contributed by atoms with Crippen LogP contribution in [-0.2, 0) is 14.9 Å². The normalized spacial score (nSPS) is 19.3. The number of hydrogen-bond acceptors (Lipinski definition) is 4. The third-order valence-corrected chi connectivity index (χ3v) is 2.91. The minimum Gasteiger partial charge on any atom is -0.467 e. The molecular formula is C11H13NO3. The number of carbonyl (C=O) groups is 1. The second kappa shape index (κ2) is 3.62. The van der Waals surface area contributed by atoms with Crippen molar-refractivity contribution in [2.75, 3.05) is 7.11 Å². The molecular weight excluding hydrogens is 194 g/mol. The first-order valence-electron chi connectivity index (χ1n) is 4.88. The Morgan fingerprint density at radius 2 is 2.33 bits per heavy atom. The lowest BCUT2D eigenvalue weighted by atomic mass is 9.94. The molecule has 1 unspecified atom stereocenters. The molecule has 1 aromatic rings. The van der Waals surface area contributed by atoms with E-state index in [1.54, 1.807) is 6.20 Å². The Hall–Kier alpha value is -1.42. The molecule has 0 amide bonds. The highest BCUT2D eigenvalue weighted by Gasteiger charge is 2.54. The molecule has 0 aliphatic heterocycles. The van der Waals surface area contributed by atoms with Gasteiger partial charge >= 0.3 is 5.97 Å². The fourth-order valence-corrected chi connectivity index (χ4v) is 1.80. The topological polar surface area (TPSA) is 59.4 Å². The summed E-state index contributed by atoms with van der Waals surface area (Å²) in [7, 11) is 1.28. The Bertz CT molecular complexity index is 359. The Balaban J connectivity index is 2.25. The van der Waals surface area contributed by atoms with Gasteiger partial charge in [-0.1, -0.05) is 6.07 Å². The van der Waals surface area contributed by atoms with Crippen LogP contribution in [0, 0.1) is 0 Å². The fraction of sp³-hybridized carbons (Fsp3) is 0.455. The lowest BCUT2D eigenvalue weighted by Crippen LogP contribution is -2.35. The zero-order valence-corrected chi connectivity index (χ0v) is 8.51. The maximum Gasteiger partial charge on any atom is 0.335 e. The minimum atomic E-state index is -1.10. The minimum absolute atomic E-state index is 0.506. The number of methoxy groups -OCH3 is 1. The third-order valence-electron chi connectivity index (χ3n) is 2.91. The average Bonchev–Trinajstić information content (AvgIpc) is 3.09. The Morgan fingerprint density at radius 1 is 1.60 bits per heavy atom. The second-order valence-electron chi connectivity index (χ2n) is 3.80. The van der Waals surface area contributed by atoms with E-state index in [-0.39, 0.29) is 0 Å². The molecule has 1 atom stereocenters. The van der Waals surface area contributed by atoms with Gasteiger partial charge in [0, 0.05) is 17.3 Å². The molecule has 1 aliphatic rings. The predicted molar refractivity (Wildman–Crippen MR) is 53.2 cm³/mol. The van der Waals surface area contributed by atoms with E-state index in [0.717, 1.165) is 18.5 Å². The molecule has 15 heavy (non-hydrogen) atoms. The number of aliphatic hydroxyl groups excluding tert-OH is 1. The van der Waals surface area contributed by atoms with E-state index in [9.17, 15) is 9.90 Å². The molecule has 1 aromatic heterocycles. The molecule has 80 valence electrons. The van der Waals surface area contributed by atoms with Crippen LogP contribution in [0.1, 0.15) is 18.5 Å². The van der Waals surface area contributed by atoms with Gasteiger partial charge in [-0.05, 0) is 25.0 Å². The van der Waals surface area contributed by atoms with Gasteiger partial charge < -0.3 is 9.84 Å². The first-order chi connectivity index (χ1) is 7.20. The average molecular weight is 207 g/mol. The smallest absolute Gasteiger partial charge is 0.335 e. The van der Waals surface area contributed by atoms with E-state index in [1.165, 1.54) is 7.11 Å². The summed E-state index contributed by atoms with van der Waals surface area (Å²) in [5.74, 6) is -0.585. The summed E-state index contributed by atoms with van der Waals surface area (Å²) in [5.41, 5.74) is 0.261. The van der Waals surface area contributed by atoms with Gasteiger partial charge in [0.2, 0.25) is 0 Å². The van der Waals surface area contributed by atoms with Crippen molar-refractivity contribution < 1.29 is 14.6 Å². The zero-order chi connectivity index (χ0) is 10.9. The number of ether oxygens (including phenoxy) is 1. The number of pyridine rings is 1. The van der Waals surface area contributed by atoms with Crippen LogP contribution in [0.3, 0.4) is 0 Å². The number of aromatic nitrogens is 1. The molecule has 1 fully saturated rings. The summed E-state index contributed by atoms with van der Waals surface area (Å²) in [6.45, 7) is 0. The molecule has 0 radical (unpaired) electrons. The Morgan fingerprint density at radius 3 is 2.80 bits per heavy atom. The van der Waals surface area contributed by atoms with Crippen LogP contribution in [0.4, 0.5) is 0 Å². The number of hydrogen-bond donors (Lipinski definition) is 1. The van der Waals surface area contributed by atoms with Crippen molar-refractivity contribution >= 4 is 5.97 Å². The molecule has 1 aliphatic carbocycles. The van der Waals surface area contributed by atoms with Gasteiger partial charge in [-0.2, -0.15) is 0 Å². The molecule has 1 saturated carbocycles. The van der Waals surface area contributed by atoms with Crippen molar-refractivity contribution in [2.24, 2.45) is 0 Å². The van der Waals surface area contributed by atoms with Crippen LogP contribution in [0.25, 0.3) is 0 Å². The first-order valence-corrected chi connectivity index (χ1v) is 4.88. The standard InChI is InChI=1S/C11H13NO3/c1-15-10(14)9(13)11(5-6-11)8-4-2-3-7-12-8/h2-4,7,9,13H,5-6H2,1H3. The molecule has 0 bridgehead atoms. The number of aliphatic hydroxyl groups is 1. The van der Waals surface area contributed by atoms with Crippen molar-refractivity contribution in [3.8, 4) is 0 Å². The summed E-state index contributed by atoms with van der Waals surface area (Å²) in [6, 6.07) is 5.50. The van der Waals surface area contributed by atoms with Gasteiger partial charge in [0.1, 0.15) is 0 Å². The quantitative estimate of drug-likeness (QED) is 0.739. The van der Waals surface area contributed by atoms with E-state index in [2.05, 4.69) is 9.72 Å². The van der Waals surface area contributed by atoms with Gasteiger partial charge in [-0.25, -0.2) is 4.79 Å². The lowest BCUT2D eigenvalue weighted by Gasteiger charge is -2.19. The molecule has 0 spiro atoms. The number of rotatable bonds is 3. The fourth-order valence-electron chi connectivity index (χ4n) is 1.80. The molecule has 1 N–H and O–H groups in total. The highest BCUT2D eigenvalue weighted by molar-refractivity contribution is 5.77. The van der Waals surface area contributed by atoms with E-state index < -0.39 is 17.5 Å². The van der Waals surface area contributed by atoms with Crippen LogP contribution < -0.4 is 0 Å². The van der Waals surface area contributed by atoms with E-state index >= 15 is 0 Å². The molecule has 0 saturated heterocycles. The maximum atomic E-state index is 11.3. The van der Waals surface area contributed by atoms with Crippen molar-refractivity contribution in [3.05, 3.63) is 30.1 Å². The summed E-state index contributed by atoms with van der Waals surface area (Å²) in [4.78, 5) is 15.5. The van der Waals surface area contributed by atoms with Crippen LogP contribution in [0.5, 0.6) is 0 Å². The highest BCUT2D eigenvalue weighted by Crippen LogP contribution is 2.50. The van der Waals surface area contributed by atoms with Gasteiger partial charge in [0.05, 0.1) is 7.11 Å². The maximum absolute atomic E-state index is 11.3. The predicted octanol–water partition coefficient (Wildman–Crippen LogP) is 0.647. The van der Waals surface area contributed by atoms with Gasteiger partial charge in [-0.15, -0.1) is 0 Å². The molecule has 2 rings (SSSR count). The van der Waals surface area contributed by atoms with E-state index in [4.69, 9.17) is 0 Å². The molecule has 0 aromatic carbocycles. The Kier molecular flexibility index (Phi) is 2.44. The summed E-state index contributed by atoms with van der Waals surface area (Å²) >= 11 is 0. The van der Waals surface area contributed by atoms with Gasteiger partial charge in [-0.3, -0.25) is 4.98 Å². The van der Waals surface area contributed by atoms with Gasteiger partial charge in [0.15, 0.2) is 6.10 Å². The van der Waals surface area contributed by atoms with Crippen molar-refractivity contribution in [3.63, 3.8) is 0 Å². The summed E-state index contributed by atoms with van der Waals surface area (Å²) < 4.78 is 4.54. The van der Waals surface area contributed by atoms with Crippen LogP contribution in [-0.4, -0.2) is 29.3 Å². The molecule has 4 heteroatoms. The molecule has 4 nitrogen and oxygen atoms in total. The number of nitrogens with zero attached hydrogens (tertiary/aromatic N) is 1. The largest absolute Gasteiger partial charge is 0.467 e. The Labute approximate surface area is 87.9 Å². The van der Waals surface area contributed by atoms with Gasteiger partial charge in [0.25, 0.3) is 0 Å².